The molecule has 10 heteroatoms. The highest BCUT2D eigenvalue weighted by atomic mass is 79.9. The first-order valence-corrected chi connectivity index (χ1v) is 11.5. The molecule has 0 saturated carbocycles. The molecule has 1 saturated heterocycles. The van der Waals surface area contributed by atoms with Crippen molar-refractivity contribution < 1.29 is 27.5 Å². The van der Waals surface area contributed by atoms with Crippen molar-refractivity contribution in [3.8, 4) is 5.75 Å². The lowest BCUT2D eigenvalue weighted by molar-refractivity contribution is -0.149. The van der Waals surface area contributed by atoms with Gasteiger partial charge in [-0.1, -0.05) is 15.9 Å². The van der Waals surface area contributed by atoms with Crippen LogP contribution in [-0.2, 0) is 24.3 Å². The Kier molecular flexibility index (Phi) is 7.46. The number of rotatable bonds is 8. The van der Waals surface area contributed by atoms with E-state index in [1.165, 1.54) is 28.6 Å². The van der Waals surface area contributed by atoms with Gasteiger partial charge in [-0.2, -0.15) is 4.31 Å². The van der Waals surface area contributed by atoms with Crippen LogP contribution in [0.25, 0.3) is 0 Å². The maximum Gasteiger partial charge on any atom is 0.344 e. The minimum absolute atomic E-state index is 0.180. The second-order valence-corrected chi connectivity index (χ2v) is 9.44. The highest BCUT2D eigenvalue weighted by Crippen LogP contribution is 2.22. The third-order valence-corrected chi connectivity index (χ3v) is 6.82. The van der Waals surface area contributed by atoms with Crippen LogP contribution < -0.4 is 10.1 Å². The molecule has 8 nitrogen and oxygen atoms in total. The minimum atomic E-state index is -3.50. The third kappa shape index (κ3) is 6.04. The molecule has 0 radical (unpaired) electrons. The van der Waals surface area contributed by atoms with Gasteiger partial charge in [0, 0.05) is 23.2 Å². The van der Waals surface area contributed by atoms with Gasteiger partial charge in [0.05, 0.1) is 4.90 Å². The van der Waals surface area contributed by atoms with Crippen LogP contribution in [0.15, 0.2) is 57.9 Å². The fraction of sp³-hybridized carbons (Fsp3) is 0.300. The van der Waals surface area contributed by atoms with Crippen LogP contribution in [0.2, 0.25) is 0 Å². The largest absolute Gasteiger partial charge is 0.482 e. The Morgan fingerprint density at radius 3 is 2.23 bits per heavy atom. The van der Waals surface area contributed by atoms with Gasteiger partial charge in [-0.3, -0.25) is 4.79 Å². The average molecular weight is 497 g/mol. The Hall–Kier alpha value is -2.43. The van der Waals surface area contributed by atoms with Gasteiger partial charge < -0.3 is 14.8 Å². The zero-order chi connectivity index (χ0) is 21.6. The first-order chi connectivity index (χ1) is 14.3. The molecule has 0 aromatic heterocycles. The van der Waals surface area contributed by atoms with Gasteiger partial charge in [-0.15, -0.1) is 0 Å². The van der Waals surface area contributed by atoms with Gasteiger partial charge in [0.15, 0.2) is 13.2 Å². The molecule has 30 heavy (non-hydrogen) atoms. The number of sulfonamides is 1. The Balaban J connectivity index is 1.44. The summed E-state index contributed by atoms with van der Waals surface area (Å²) < 4.78 is 37.5. The van der Waals surface area contributed by atoms with Gasteiger partial charge in [-0.25, -0.2) is 13.2 Å². The number of benzene rings is 2. The summed E-state index contributed by atoms with van der Waals surface area (Å²) in [6.45, 7) is 0.254. The van der Waals surface area contributed by atoms with Crippen molar-refractivity contribution in [1.29, 1.82) is 0 Å². The van der Waals surface area contributed by atoms with Crippen LogP contribution in [0, 0.1) is 0 Å². The summed E-state index contributed by atoms with van der Waals surface area (Å²) in [7, 11) is -3.50. The molecule has 1 N–H and O–H groups in total. The van der Waals surface area contributed by atoms with E-state index in [1.54, 1.807) is 24.3 Å². The standard InChI is InChI=1S/C20H21BrN2O6S/c21-15-3-7-17(8-4-15)28-14-20(25)29-13-19(24)22-16-5-9-18(10-6-16)30(26,27)23-11-1-2-12-23/h3-10H,1-2,11-14H2,(H,22,24). The lowest BCUT2D eigenvalue weighted by Gasteiger charge is -2.15. The Morgan fingerprint density at radius 1 is 0.967 bits per heavy atom. The second kappa shape index (κ2) is 10.1. The summed E-state index contributed by atoms with van der Waals surface area (Å²) in [5.74, 6) is -0.717. The molecule has 2 aromatic carbocycles. The number of hydrogen-bond donors (Lipinski definition) is 1. The Labute approximate surface area is 183 Å². The van der Waals surface area contributed by atoms with Crippen molar-refractivity contribution in [1.82, 2.24) is 4.31 Å². The second-order valence-electron chi connectivity index (χ2n) is 6.59. The molecule has 0 bridgehead atoms. The molecule has 1 aliphatic rings. The fourth-order valence-corrected chi connectivity index (χ4v) is 4.63. The Bertz CT molecular complexity index is 987. The van der Waals surface area contributed by atoms with Crippen molar-refractivity contribution in [3.63, 3.8) is 0 Å². The zero-order valence-corrected chi connectivity index (χ0v) is 18.4. The lowest BCUT2D eigenvalue weighted by atomic mass is 10.3. The smallest absolute Gasteiger partial charge is 0.344 e. The summed E-state index contributed by atoms with van der Waals surface area (Å²) in [6.07, 6.45) is 1.72. The molecule has 0 atom stereocenters. The highest BCUT2D eigenvalue weighted by Gasteiger charge is 2.26. The Morgan fingerprint density at radius 2 is 1.60 bits per heavy atom. The first-order valence-electron chi connectivity index (χ1n) is 9.29. The summed E-state index contributed by atoms with van der Waals surface area (Å²) in [4.78, 5) is 23.9. The van der Waals surface area contributed by atoms with E-state index >= 15 is 0 Å². The number of amides is 1. The number of hydrogen-bond acceptors (Lipinski definition) is 6. The molecule has 1 fully saturated rings. The molecule has 0 aliphatic carbocycles. The van der Waals surface area contributed by atoms with Crippen LogP contribution in [-0.4, -0.2) is 50.9 Å². The van der Waals surface area contributed by atoms with Crippen LogP contribution in [0.5, 0.6) is 5.75 Å². The zero-order valence-electron chi connectivity index (χ0n) is 16.0. The van der Waals surface area contributed by atoms with Crippen LogP contribution >= 0.6 is 15.9 Å². The molecular formula is C20H21BrN2O6S. The first kappa shape index (κ1) is 22.3. The molecule has 3 rings (SSSR count). The quantitative estimate of drug-likeness (QED) is 0.563. The van der Waals surface area contributed by atoms with E-state index in [-0.39, 0.29) is 11.5 Å². The number of nitrogens with zero attached hydrogens (tertiary/aromatic N) is 1. The molecule has 1 aliphatic heterocycles. The van der Waals surface area contributed by atoms with Gasteiger partial charge in [-0.05, 0) is 61.4 Å². The van der Waals surface area contributed by atoms with Crippen LogP contribution in [0.4, 0.5) is 5.69 Å². The van der Waals surface area contributed by atoms with Gasteiger partial charge in [0.25, 0.3) is 5.91 Å². The SMILES string of the molecule is O=C(COC(=O)COc1ccc(Br)cc1)Nc1ccc(S(=O)(=O)N2CCCC2)cc1. The number of carbonyl (C=O) groups is 2. The minimum Gasteiger partial charge on any atom is -0.482 e. The van der Waals surface area contributed by atoms with Gasteiger partial charge in [0.1, 0.15) is 5.75 Å². The summed E-state index contributed by atoms with van der Waals surface area (Å²) >= 11 is 3.30. The van der Waals surface area contributed by atoms with E-state index in [2.05, 4.69) is 21.2 Å². The molecule has 2 aromatic rings. The van der Waals surface area contributed by atoms with Crippen molar-refractivity contribution in [2.24, 2.45) is 0 Å². The fourth-order valence-electron chi connectivity index (χ4n) is 2.85. The predicted molar refractivity (Wildman–Crippen MR) is 114 cm³/mol. The van der Waals surface area contributed by atoms with E-state index in [0.717, 1.165) is 17.3 Å². The number of nitrogens with one attached hydrogen (secondary N) is 1. The lowest BCUT2D eigenvalue weighted by Crippen LogP contribution is -2.27. The number of ether oxygens (including phenoxy) is 2. The molecule has 0 spiro atoms. The normalized spacial score (nSPS) is 14.3. The van der Waals surface area contributed by atoms with E-state index in [9.17, 15) is 18.0 Å². The van der Waals surface area contributed by atoms with Crippen molar-refractivity contribution in [2.75, 3.05) is 31.6 Å². The van der Waals surface area contributed by atoms with E-state index in [1.807, 2.05) is 0 Å². The molecule has 160 valence electrons. The van der Waals surface area contributed by atoms with Crippen LogP contribution in [0.1, 0.15) is 12.8 Å². The van der Waals surface area contributed by atoms with Crippen LogP contribution in [0.3, 0.4) is 0 Å². The van der Waals surface area contributed by atoms with E-state index in [4.69, 9.17) is 9.47 Å². The predicted octanol–water partition coefficient (Wildman–Crippen LogP) is 2.79. The third-order valence-electron chi connectivity index (χ3n) is 4.38. The number of anilines is 1. The topological polar surface area (TPSA) is 102 Å². The van der Waals surface area contributed by atoms with E-state index < -0.39 is 28.5 Å². The maximum atomic E-state index is 12.5. The van der Waals surface area contributed by atoms with Crippen molar-refractivity contribution in [2.45, 2.75) is 17.7 Å². The highest BCUT2D eigenvalue weighted by molar-refractivity contribution is 9.10. The molecular weight excluding hydrogens is 476 g/mol. The van der Waals surface area contributed by atoms with Crippen molar-refractivity contribution in [3.05, 3.63) is 53.0 Å². The molecule has 0 unspecified atom stereocenters. The number of halogens is 1. The maximum absolute atomic E-state index is 12.5. The monoisotopic (exact) mass is 496 g/mol. The molecule has 1 heterocycles. The molecule has 1 amide bonds. The van der Waals surface area contributed by atoms with Gasteiger partial charge in [0.2, 0.25) is 10.0 Å². The van der Waals surface area contributed by atoms with Crippen molar-refractivity contribution >= 4 is 43.5 Å². The number of esters is 1. The van der Waals surface area contributed by atoms with E-state index in [0.29, 0.717) is 24.5 Å². The number of carbonyl (C=O) groups excluding carboxylic acids is 2. The summed E-state index contributed by atoms with van der Waals surface area (Å²) in [5, 5.41) is 2.55. The summed E-state index contributed by atoms with van der Waals surface area (Å²) in [6, 6.07) is 12.8. The summed E-state index contributed by atoms with van der Waals surface area (Å²) in [5.41, 5.74) is 0.405. The average Bonchev–Trinajstić information content (AvgIpc) is 3.28. The van der Waals surface area contributed by atoms with Gasteiger partial charge >= 0.3 is 5.97 Å².